The summed E-state index contributed by atoms with van der Waals surface area (Å²) in [7, 11) is 0. The molecule has 0 fully saturated rings. The SMILES string of the molecule is C[CH2][Fe]([NH2])[CH2]C. The molecule has 0 aliphatic rings. The van der Waals surface area contributed by atoms with Gasteiger partial charge in [-0.15, -0.1) is 0 Å². The van der Waals surface area contributed by atoms with Gasteiger partial charge in [-0.3, -0.25) is 0 Å². The van der Waals surface area contributed by atoms with Crippen LogP contribution in [0.1, 0.15) is 13.8 Å². The molecule has 0 aromatic carbocycles. The van der Waals surface area contributed by atoms with E-state index in [0.29, 0.717) is 0 Å². The van der Waals surface area contributed by atoms with Crippen molar-refractivity contribution >= 4 is 0 Å². The van der Waals surface area contributed by atoms with Crippen molar-refractivity contribution in [3.05, 3.63) is 0 Å². The predicted molar refractivity (Wildman–Crippen MR) is 25.1 cm³/mol. The Balaban J connectivity index is 2.75. The molecule has 6 heavy (non-hydrogen) atoms. The Morgan fingerprint density at radius 3 is 1.67 bits per heavy atom. The summed E-state index contributed by atoms with van der Waals surface area (Å²) < 4.78 is 5.56. The van der Waals surface area contributed by atoms with Crippen LogP contribution in [0, 0.1) is 0 Å². The first-order valence-electron chi connectivity index (χ1n) is 2.12. The summed E-state index contributed by atoms with van der Waals surface area (Å²) in [5.41, 5.74) is 0. The van der Waals surface area contributed by atoms with Crippen molar-refractivity contribution in [3.63, 3.8) is 0 Å². The van der Waals surface area contributed by atoms with Crippen molar-refractivity contribution in [1.82, 2.24) is 0 Å². The molecule has 0 atom stereocenters. The van der Waals surface area contributed by atoms with Crippen molar-refractivity contribution in [2.75, 3.05) is 0 Å². The van der Waals surface area contributed by atoms with Crippen LogP contribution in [0.4, 0.5) is 0 Å². The van der Waals surface area contributed by atoms with Gasteiger partial charge in [0.05, 0.1) is 0 Å². The van der Waals surface area contributed by atoms with E-state index in [9.17, 15) is 0 Å². The average molecular weight is 130 g/mol. The molecule has 0 spiro atoms. The molecular weight excluding hydrogens is 118 g/mol. The number of hydrogen-bond donors (Lipinski definition) is 1. The van der Waals surface area contributed by atoms with E-state index in [4.69, 9.17) is 4.75 Å². The first kappa shape index (κ1) is 6.48. The molecule has 0 saturated carbocycles. The maximum absolute atomic E-state index is 5.56. The molecule has 0 aliphatic heterocycles. The van der Waals surface area contributed by atoms with Gasteiger partial charge in [0, 0.05) is 0 Å². The van der Waals surface area contributed by atoms with Crippen LogP contribution in [-0.4, -0.2) is 0 Å². The summed E-state index contributed by atoms with van der Waals surface area (Å²) in [5.74, 6) is 0. The molecular formula is C4H12FeN. The Morgan fingerprint density at radius 2 is 1.67 bits per heavy atom. The molecule has 0 unspecified atom stereocenters. The molecule has 0 aliphatic carbocycles. The molecule has 41 valence electrons. The summed E-state index contributed by atoms with van der Waals surface area (Å²) in [6, 6.07) is 0. The van der Waals surface area contributed by atoms with Crippen molar-refractivity contribution in [3.8, 4) is 0 Å². The Morgan fingerprint density at radius 1 is 1.33 bits per heavy atom. The van der Waals surface area contributed by atoms with Crippen LogP contribution in [0.5, 0.6) is 0 Å². The second kappa shape index (κ2) is 3.66. The fourth-order valence-electron chi connectivity index (χ4n) is 0.177. The average Bonchev–Trinajstić information content (AvgIpc) is 1.65. The minimum absolute atomic E-state index is 0.222. The first-order valence-corrected chi connectivity index (χ1v) is 4.32. The molecule has 0 saturated heterocycles. The topological polar surface area (TPSA) is 26.0 Å². The van der Waals surface area contributed by atoms with Crippen LogP contribution in [0.25, 0.3) is 0 Å². The zero-order valence-corrected chi connectivity index (χ0v) is 5.45. The van der Waals surface area contributed by atoms with E-state index in [0.717, 1.165) is 0 Å². The third kappa shape index (κ3) is 2.70. The van der Waals surface area contributed by atoms with Crippen molar-refractivity contribution in [1.29, 1.82) is 0 Å². The van der Waals surface area contributed by atoms with Crippen LogP contribution in [0.15, 0.2) is 0 Å². The zero-order chi connectivity index (χ0) is 4.99. The van der Waals surface area contributed by atoms with E-state index in [2.05, 4.69) is 13.8 Å². The molecule has 2 N–H and O–H groups in total. The Labute approximate surface area is 44.0 Å². The van der Waals surface area contributed by atoms with Gasteiger partial charge in [-0.05, 0) is 0 Å². The van der Waals surface area contributed by atoms with E-state index in [1.807, 2.05) is 0 Å². The molecule has 0 rings (SSSR count). The molecule has 0 amide bonds. The third-order valence-electron chi connectivity index (χ3n) is 0.642. The van der Waals surface area contributed by atoms with Gasteiger partial charge in [-0.2, -0.15) is 0 Å². The number of nitrogens with two attached hydrogens (primary N) is 1. The van der Waals surface area contributed by atoms with Crippen LogP contribution < -0.4 is 4.75 Å². The van der Waals surface area contributed by atoms with Gasteiger partial charge in [0.1, 0.15) is 0 Å². The van der Waals surface area contributed by atoms with Gasteiger partial charge < -0.3 is 0 Å². The summed E-state index contributed by atoms with van der Waals surface area (Å²) in [4.78, 5) is 0. The quantitative estimate of drug-likeness (QED) is 0.561. The van der Waals surface area contributed by atoms with E-state index in [1.54, 1.807) is 0 Å². The molecule has 0 bridgehead atoms. The van der Waals surface area contributed by atoms with E-state index < -0.39 is 0 Å². The Hall–Kier alpha value is 0.479. The van der Waals surface area contributed by atoms with Crippen molar-refractivity contribution in [2.24, 2.45) is 4.75 Å². The van der Waals surface area contributed by atoms with E-state index >= 15 is 0 Å². The molecule has 0 aromatic rings. The van der Waals surface area contributed by atoms with E-state index in [-0.39, 0.29) is 14.1 Å². The van der Waals surface area contributed by atoms with Crippen LogP contribution in [0.3, 0.4) is 0 Å². The monoisotopic (exact) mass is 130 g/mol. The molecule has 0 aromatic heterocycles. The summed E-state index contributed by atoms with van der Waals surface area (Å²) >= 11 is -0.222. The van der Waals surface area contributed by atoms with Crippen LogP contribution in [0.2, 0.25) is 10.6 Å². The first-order chi connectivity index (χ1) is 2.81. The summed E-state index contributed by atoms with van der Waals surface area (Å²) in [6.45, 7) is 4.28. The van der Waals surface area contributed by atoms with Gasteiger partial charge >= 0.3 is 43.4 Å². The summed E-state index contributed by atoms with van der Waals surface area (Å²) in [6.07, 6.45) is 0. The predicted octanol–water partition coefficient (Wildman–Crippen LogP) is 1.35. The van der Waals surface area contributed by atoms with Gasteiger partial charge in [-0.1, -0.05) is 0 Å². The van der Waals surface area contributed by atoms with Crippen molar-refractivity contribution in [2.45, 2.75) is 24.5 Å². The summed E-state index contributed by atoms with van der Waals surface area (Å²) in [5, 5.41) is 2.38. The number of rotatable bonds is 2. The van der Waals surface area contributed by atoms with Gasteiger partial charge in [0.2, 0.25) is 0 Å². The van der Waals surface area contributed by atoms with E-state index in [1.165, 1.54) is 10.6 Å². The fraction of sp³-hybridized carbons (Fsp3) is 1.00. The maximum atomic E-state index is 5.56. The molecule has 2 heteroatoms. The molecule has 0 heterocycles. The fourth-order valence-corrected chi connectivity index (χ4v) is 0.729. The second-order valence-electron chi connectivity index (χ2n) is 0.965. The van der Waals surface area contributed by atoms with Crippen molar-refractivity contribution < 1.29 is 14.1 Å². The third-order valence-corrected chi connectivity index (χ3v) is 2.65. The Kier molecular flexibility index (Phi) is 3.95. The Bertz CT molecular complexity index is 26.7. The van der Waals surface area contributed by atoms with Gasteiger partial charge in [0.15, 0.2) is 0 Å². The van der Waals surface area contributed by atoms with Gasteiger partial charge in [-0.25, -0.2) is 0 Å². The van der Waals surface area contributed by atoms with Gasteiger partial charge in [0.25, 0.3) is 0 Å². The van der Waals surface area contributed by atoms with Crippen LogP contribution in [-0.2, 0) is 14.1 Å². The standard InChI is InChI=1S/2C2H5.Fe.H2N/c2*1-2;;/h2*1H2,2H3;;1H2/q;;+1;-1. The minimum atomic E-state index is -0.222. The number of hydrogen-bond acceptors (Lipinski definition) is 1. The second-order valence-corrected chi connectivity index (χ2v) is 3.98. The molecule has 1 nitrogen and oxygen atoms in total. The van der Waals surface area contributed by atoms with Crippen LogP contribution >= 0.6 is 0 Å². The zero-order valence-electron chi connectivity index (χ0n) is 4.35. The molecule has 0 radical (unpaired) electrons. The normalized spacial score (nSPS) is 11.5.